The molecule has 0 aliphatic heterocycles. The van der Waals surface area contributed by atoms with Crippen molar-refractivity contribution < 1.29 is 13.6 Å². The number of nitrogens with one attached hydrogen (secondary N) is 2. The van der Waals surface area contributed by atoms with Gasteiger partial charge in [0, 0.05) is 18.5 Å². The van der Waals surface area contributed by atoms with E-state index in [1.54, 1.807) is 19.1 Å². The average molecular weight is 370 g/mol. The maximum absolute atomic E-state index is 13.8. The van der Waals surface area contributed by atoms with E-state index in [4.69, 9.17) is 5.26 Å². The van der Waals surface area contributed by atoms with Gasteiger partial charge in [0.25, 0.3) is 5.95 Å². The van der Waals surface area contributed by atoms with Crippen molar-refractivity contribution in [3.05, 3.63) is 59.9 Å². The lowest BCUT2D eigenvalue weighted by atomic mass is 10.2. The molecule has 27 heavy (non-hydrogen) atoms. The van der Waals surface area contributed by atoms with E-state index in [2.05, 4.69) is 30.7 Å². The summed E-state index contributed by atoms with van der Waals surface area (Å²) in [5.74, 6) is -1.41. The van der Waals surface area contributed by atoms with Gasteiger partial charge in [-0.3, -0.25) is 0 Å². The van der Waals surface area contributed by atoms with Gasteiger partial charge in [-0.1, -0.05) is 0 Å². The summed E-state index contributed by atoms with van der Waals surface area (Å²) in [6.45, 7) is 1.63. The van der Waals surface area contributed by atoms with Crippen molar-refractivity contribution in [2.75, 3.05) is 5.32 Å². The van der Waals surface area contributed by atoms with E-state index in [0.717, 1.165) is 6.07 Å². The Hall–Kier alpha value is -3.94. The van der Waals surface area contributed by atoms with Gasteiger partial charge < -0.3 is 10.6 Å². The summed E-state index contributed by atoms with van der Waals surface area (Å²) in [5, 5.41) is 17.6. The standard InChI is InChI=1S/C16H12F2N8O/c1-9(14-22-8-23-26(14)15-20-3-2-4-21-15)24-16(27)25-13-5-10(7-19)11(17)6-12(13)18/h2-6,8-9H,1H3,(H2,24,25,27). The molecule has 11 heteroatoms. The monoisotopic (exact) mass is 370 g/mol. The summed E-state index contributed by atoms with van der Waals surface area (Å²) in [5.41, 5.74) is -0.716. The number of carbonyl (C=O) groups is 1. The van der Waals surface area contributed by atoms with Gasteiger partial charge in [-0.15, -0.1) is 0 Å². The molecule has 1 unspecified atom stereocenters. The molecule has 2 N–H and O–H groups in total. The van der Waals surface area contributed by atoms with Gasteiger partial charge in [0.15, 0.2) is 5.82 Å². The number of aromatic nitrogens is 5. The molecule has 0 radical (unpaired) electrons. The maximum atomic E-state index is 13.8. The highest BCUT2D eigenvalue weighted by Gasteiger charge is 2.19. The van der Waals surface area contributed by atoms with E-state index >= 15 is 0 Å². The van der Waals surface area contributed by atoms with E-state index in [1.807, 2.05) is 0 Å². The first kappa shape index (κ1) is 17.9. The van der Waals surface area contributed by atoms with Crippen LogP contribution < -0.4 is 10.6 Å². The number of halogens is 2. The quantitative estimate of drug-likeness (QED) is 0.725. The topological polar surface area (TPSA) is 121 Å². The Balaban J connectivity index is 1.75. The Bertz CT molecular complexity index is 1020. The summed E-state index contributed by atoms with van der Waals surface area (Å²) in [6.07, 6.45) is 4.34. The van der Waals surface area contributed by atoms with Crippen molar-refractivity contribution in [2.24, 2.45) is 0 Å². The van der Waals surface area contributed by atoms with Crippen LogP contribution in [0.15, 0.2) is 36.9 Å². The van der Waals surface area contributed by atoms with Crippen LogP contribution in [-0.4, -0.2) is 30.8 Å². The Morgan fingerprint density at radius 2 is 1.96 bits per heavy atom. The molecule has 1 aromatic carbocycles. The summed E-state index contributed by atoms with van der Waals surface area (Å²) in [6, 6.07) is 3.24. The van der Waals surface area contributed by atoms with Gasteiger partial charge in [-0.25, -0.2) is 28.5 Å². The first-order chi connectivity index (χ1) is 13.0. The lowest BCUT2D eigenvalue weighted by Crippen LogP contribution is -2.33. The minimum atomic E-state index is -1.01. The molecule has 0 fully saturated rings. The SMILES string of the molecule is CC(NC(=O)Nc1cc(C#N)c(F)cc1F)c1ncnn1-c1ncccn1. The van der Waals surface area contributed by atoms with Crippen LogP contribution in [0.25, 0.3) is 5.95 Å². The van der Waals surface area contributed by atoms with Gasteiger partial charge in [0.05, 0.1) is 17.3 Å². The highest BCUT2D eigenvalue weighted by molar-refractivity contribution is 5.89. The Kier molecular flexibility index (Phi) is 4.98. The van der Waals surface area contributed by atoms with E-state index in [0.29, 0.717) is 11.9 Å². The summed E-state index contributed by atoms with van der Waals surface area (Å²) in [7, 11) is 0. The molecule has 0 spiro atoms. The molecule has 0 aliphatic rings. The van der Waals surface area contributed by atoms with Crippen LogP contribution in [-0.2, 0) is 0 Å². The van der Waals surface area contributed by atoms with Crippen LogP contribution in [0.3, 0.4) is 0 Å². The van der Waals surface area contributed by atoms with Crippen molar-refractivity contribution in [1.82, 2.24) is 30.0 Å². The number of nitriles is 1. The maximum Gasteiger partial charge on any atom is 0.319 e. The molecular formula is C16H12F2N8O. The molecule has 0 aliphatic carbocycles. The van der Waals surface area contributed by atoms with E-state index in [9.17, 15) is 13.6 Å². The van der Waals surface area contributed by atoms with Crippen molar-refractivity contribution in [2.45, 2.75) is 13.0 Å². The highest BCUT2D eigenvalue weighted by Crippen LogP contribution is 2.19. The van der Waals surface area contributed by atoms with E-state index in [1.165, 1.54) is 23.4 Å². The molecule has 3 aromatic rings. The predicted molar refractivity (Wildman–Crippen MR) is 88.6 cm³/mol. The Morgan fingerprint density at radius 1 is 1.22 bits per heavy atom. The number of hydrogen-bond donors (Lipinski definition) is 2. The smallest absolute Gasteiger partial charge is 0.319 e. The van der Waals surface area contributed by atoms with Crippen LogP contribution >= 0.6 is 0 Å². The molecular weight excluding hydrogens is 358 g/mol. The molecule has 1 atom stereocenters. The zero-order chi connectivity index (χ0) is 19.4. The molecule has 2 heterocycles. The van der Waals surface area contributed by atoms with Crippen LogP contribution in [0.5, 0.6) is 0 Å². The third kappa shape index (κ3) is 3.84. The number of urea groups is 1. The zero-order valence-electron chi connectivity index (χ0n) is 13.9. The summed E-state index contributed by atoms with van der Waals surface area (Å²) < 4.78 is 28.5. The number of benzene rings is 1. The number of rotatable bonds is 4. The Morgan fingerprint density at radius 3 is 2.67 bits per heavy atom. The van der Waals surface area contributed by atoms with Gasteiger partial charge in [0.2, 0.25) is 0 Å². The summed E-state index contributed by atoms with van der Waals surface area (Å²) >= 11 is 0. The molecule has 0 saturated heterocycles. The first-order valence-corrected chi connectivity index (χ1v) is 7.63. The third-order valence-electron chi connectivity index (χ3n) is 3.48. The molecule has 9 nitrogen and oxygen atoms in total. The minimum Gasteiger partial charge on any atom is -0.328 e. The Labute approximate surface area is 151 Å². The second-order valence-electron chi connectivity index (χ2n) is 5.32. The van der Waals surface area contributed by atoms with Crippen LogP contribution in [0.1, 0.15) is 24.4 Å². The predicted octanol–water partition coefficient (Wildman–Crippen LogP) is 2.09. The average Bonchev–Trinajstić information content (AvgIpc) is 3.14. The van der Waals surface area contributed by atoms with Crippen LogP contribution in [0.4, 0.5) is 19.3 Å². The van der Waals surface area contributed by atoms with Gasteiger partial charge in [-0.05, 0) is 19.1 Å². The fourth-order valence-corrected chi connectivity index (χ4v) is 2.25. The number of carbonyl (C=O) groups excluding carboxylic acids is 1. The van der Waals surface area contributed by atoms with Crippen LogP contribution in [0.2, 0.25) is 0 Å². The number of anilines is 1. The molecule has 136 valence electrons. The molecule has 3 rings (SSSR count). The first-order valence-electron chi connectivity index (χ1n) is 7.63. The van der Waals surface area contributed by atoms with E-state index in [-0.39, 0.29) is 17.2 Å². The second kappa shape index (κ2) is 7.52. The van der Waals surface area contributed by atoms with Gasteiger partial charge in [-0.2, -0.15) is 15.0 Å². The second-order valence-corrected chi connectivity index (χ2v) is 5.32. The number of hydrogen-bond acceptors (Lipinski definition) is 6. The molecule has 2 aromatic heterocycles. The van der Waals surface area contributed by atoms with Gasteiger partial charge >= 0.3 is 6.03 Å². The number of nitrogens with zero attached hydrogens (tertiary/aromatic N) is 6. The van der Waals surface area contributed by atoms with Crippen molar-refractivity contribution in [3.63, 3.8) is 0 Å². The van der Waals surface area contributed by atoms with Crippen molar-refractivity contribution in [3.8, 4) is 12.0 Å². The van der Waals surface area contributed by atoms with Crippen molar-refractivity contribution in [1.29, 1.82) is 5.26 Å². The van der Waals surface area contributed by atoms with Crippen molar-refractivity contribution >= 4 is 11.7 Å². The fraction of sp³-hybridized carbons (Fsp3) is 0.125. The summed E-state index contributed by atoms with van der Waals surface area (Å²) in [4.78, 5) is 24.3. The third-order valence-corrected chi connectivity index (χ3v) is 3.48. The molecule has 0 bridgehead atoms. The highest BCUT2D eigenvalue weighted by atomic mass is 19.1. The largest absolute Gasteiger partial charge is 0.328 e. The normalized spacial score (nSPS) is 11.5. The lowest BCUT2D eigenvalue weighted by Gasteiger charge is -2.15. The van der Waals surface area contributed by atoms with E-state index < -0.39 is 23.7 Å². The molecule has 0 saturated carbocycles. The lowest BCUT2D eigenvalue weighted by molar-refractivity contribution is 0.248. The number of amides is 2. The fourth-order valence-electron chi connectivity index (χ4n) is 2.25. The zero-order valence-corrected chi connectivity index (χ0v) is 13.9. The molecule has 2 amide bonds. The van der Waals surface area contributed by atoms with Gasteiger partial charge in [0.1, 0.15) is 24.0 Å². The van der Waals surface area contributed by atoms with Crippen LogP contribution in [0, 0.1) is 23.0 Å². The minimum absolute atomic E-state index is 0.266.